The van der Waals surface area contributed by atoms with Crippen molar-refractivity contribution in [3.05, 3.63) is 27.2 Å². The average Bonchev–Trinajstić information content (AvgIpc) is 1.97. The van der Waals surface area contributed by atoms with Crippen LogP contribution in [0.25, 0.3) is 0 Å². The summed E-state index contributed by atoms with van der Waals surface area (Å²) in [5, 5.41) is 14.7. The Balaban J connectivity index is 3.55. The third-order valence-electron chi connectivity index (χ3n) is 1.54. The fourth-order valence-electron chi connectivity index (χ4n) is 0.883. The van der Waals surface area contributed by atoms with Crippen molar-refractivity contribution in [1.82, 2.24) is 10.2 Å². The lowest BCUT2D eigenvalue weighted by Gasteiger charge is -1.98. The second-order valence-electron chi connectivity index (χ2n) is 2.44. The van der Waals surface area contributed by atoms with Gasteiger partial charge in [-0.2, -0.15) is 5.10 Å². The summed E-state index contributed by atoms with van der Waals surface area (Å²) >= 11 is 0. The standard InChI is InChI=1S/C7H8N2O3/c1-3-5(7(11)12)6(10)4(2)9-8-3/h1-2H3,(H,8,10)(H,11,12). The first kappa shape index (κ1) is 8.45. The highest BCUT2D eigenvalue weighted by Crippen LogP contribution is 1.97. The van der Waals surface area contributed by atoms with E-state index in [2.05, 4.69) is 10.2 Å². The van der Waals surface area contributed by atoms with Gasteiger partial charge in [0.2, 0.25) is 5.43 Å². The van der Waals surface area contributed by atoms with Gasteiger partial charge in [-0.1, -0.05) is 0 Å². The Morgan fingerprint density at radius 2 is 2.08 bits per heavy atom. The molecule has 12 heavy (non-hydrogen) atoms. The van der Waals surface area contributed by atoms with E-state index in [1.807, 2.05) is 0 Å². The molecule has 1 aromatic rings. The van der Waals surface area contributed by atoms with Crippen LogP contribution in [0.15, 0.2) is 4.79 Å². The van der Waals surface area contributed by atoms with Crippen LogP contribution in [0.2, 0.25) is 0 Å². The molecule has 2 N–H and O–H groups in total. The Kier molecular flexibility index (Phi) is 1.95. The molecule has 0 aromatic carbocycles. The van der Waals surface area contributed by atoms with Crippen LogP contribution in [0, 0.1) is 13.8 Å². The monoisotopic (exact) mass is 168 g/mol. The fraction of sp³-hybridized carbons (Fsp3) is 0.286. The van der Waals surface area contributed by atoms with Crippen LogP contribution in [-0.2, 0) is 0 Å². The molecule has 0 atom stereocenters. The number of carboxylic acids is 1. The van der Waals surface area contributed by atoms with E-state index in [9.17, 15) is 9.59 Å². The number of aromatic carboxylic acids is 1. The van der Waals surface area contributed by atoms with Crippen molar-refractivity contribution in [3.63, 3.8) is 0 Å². The summed E-state index contributed by atoms with van der Waals surface area (Å²) in [4.78, 5) is 21.7. The van der Waals surface area contributed by atoms with Crippen LogP contribution in [0.4, 0.5) is 0 Å². The number of hydrogen-bond acceptors (Lipinski definition) is 3. The highest BCUT2D eigenvalue weighted by molar-refractivity contribution is 5.88. The topological polar surface area (TPSA) is 83.0 Å². The molecular weight excluding hydrogens is 160 g/mol. The number of H-pyrrole nitrogens is 1. The molecule has 0 fully saturated rings. The van der Waals surface area contributed by atoms with E-state index in [0.717, 1.165) is 0 Å². The van der Waals surface area contributed by atoms with Crippen LogP contribution >= 0.6 is 0 Å². The van der Waals surface area contributed by atoms with E-state index in [1.54, 1.807) is 0 Å². The predicted octanol–water partition coefficient (Wildman–Crippen LogP) is 0.0849. The molecule has 1 heterocycles. The Morgan fingerprint density at radius 1 is 1.50 bits per heavy atom. The summed E-state index contributed by atoms with van der Waals surface area (Å²) in [5.74, 6) is -1.22. The zero-order chi connectivity index (χ0) is 9.30. The second kappa shape index (κ2) is 2.77. The van der Waals surface area contributed by atoms with Crippen molar-refractivity contribution in [2.75, 3.05) is 0 Å². The lowest BCUT2D eigenvalue weighted by atomic mass is 10.2. The van der Waals surface area contributed by atoms with Gasteiger partial charge >= 0.3 is 5.97 Å². The number of aromatic amines is 1. The summed E-state index contributed by atoms with van der Waals surface area (Å²) in [6, 6.07) is 0. The third kappa shape index (κ3) is 1.20. The summed E-state index contributed by atoms with van der Waals surface area (Å²) in [7, 11) is 0. The Morgan fingerprint density at radius 3 is 2.50 bits per heavy atom. The lowest BCUT2D eigenvalue weighted by Crippen LogP contribution is -2.21. The maximum Gasteiger partial charge on any atom is 0.341 e. The molecule has 0 saturated carbocycles. The van der Waals surface area contributed by atoms with Gasteiger partial charge in [-0.05, 0) is 13.8 Å². The van der Waals surface area contributed by atoms with E-state index in [-0.39, 0.29) is 17.0 Å². The first-order valence-corrected chi connectivity index (χ1v) is 3.33. The average molecular weight is 168 g/mol. The SMILES string of the molecule is Cc1[nH]nc(C)c(=O)c1C(=O)O. The minimum atomic E-state index is -1.22. The van der Waals surface area contributed by atoms with Gasteiger partial charge in [0.25, 0.3) is 0 Å². The lowest BCUT2D eigenvalue weighted by molar-refractivity contribution is 0.0693. The van der Waals surface area contributed by atoms with Gasteiger partial charge in [-0.15, -0.1) is 0 Å². The quantitative estimate of drug-likeness (QED) is 0.622. The molecule has 64 valence electrons. The number of rotatable bonds is 1. The second-order valence-corrected chi connectivity index (χ2v) is 2.44. The molecule has 1 aromatic heterocycles. The number of nitrogens with one attached hydrogen (secondary N) is 1. The van der Waals surface area contributed by atoms with Crippen LogP contribution in [-0.4, -0.2) is 21.3 Å². The number of nitrogens with zero attached hydrogens (tertiary/aromatic N) is 1. The maximum atomic E-state index is 11.2. The number of carboxylic acid groups (broad SMARTS) is 1. The molecule has 0 amide bonds. The van der Waals surface area contributed by atoms with Gasteiger partial charge < -0.3 is 5.11 Å². The zero-order valence-corrected chi connectivity index (χ0v) is 6.71. The maximum absolute atomic E-state index is 11.2. The van der Waals surface area contributed by atoms with E-state index < -0.39 is 11.4 Å². The Hall–Kier alpha value is -1.65. The van der Waals surface area contributed by atoms with Crippen LogP contribution < -0.4 is 5.43 Å². The van der Waals surface area contributed by atoms with Gasteiger partial charge in [0, 0.05) is 5.69 Å². The van der Waals surface area contributed by atoms with E-state index in [1.165, 1.54) is 13.8 Å². The molecule has 0 unspecified atom stereocenters. The van der Waals surface area contributed by atoms with Gasteiger partial charge in [0.15, 0.2) is 0 Å². The first-order chi connectivity index (χ1) is 5.54. The zero-order valence-electron chi connectivity index (χ0n) is 6.71. The number of aryl methyl sites for hydroxylation is 2. The fourth-order valence-corrected chi connectivity index (χ4v) is 0.883. The number of aromatic nitrogens is 2. The molecule has 0 spiro atoms. The normalized spacial score (nSPS) is 9.83. The van der Waals surface area contributed by atoms with E-state index in [4.69, 9.17) is 5.11 Å². The Bertz CT molecular complexity index is 381. The molecule has 0 aliphatic rings. The van der Waals surface area contributed by atoms with Gasteiger partial charge in [0.05, 0.1) is 0 Å². The predicted molar refractivity (Wildman–Crippen MR) is 41.3 cm³/mol. The first-order valence-electron chi connectivity index (χ1n) is 3.33. The molecular formula is C7H8N2O3. The summed E-state index contributed by atoms with van der Waals surface area (Å²) in [5.41, 5.74) is -0.322. The molecule has 0 bridgehead atoms. The molecule has 5 heteroatoms. The largest absolute Gasteiger partial charge is 0.477 e. The van der Waals surface area contributed by atoms with Gasteiger partial charge in [-0.25, -0.2) is 4.79 Å². The smallest absolute Gasteiger partial charge is 0.341 e. The molecule has 5 nitrogen and oxygen atoms in total. The van der Waals surface area contributed by atoms with Crippen molar-refractivity contribution in [2.24, 2.45) is 0 Å². The molecule has 0 saturated heterocycles. The van der Waals surface area contributed by atoms with Gasteiger partial charge in [0.1, 0.15) is 11.3 Å². The van der Waals surface area contributed by atoms with E-state index >= 15 is 0 Å². The van der Waals surface area contributed by atoms with Crippen molar-refractivity contribution in [3.8, 4) is 0 Å². The van der Waals surface area contributed by atoms with Crippen molar-refractivity contribution < 1.29 is 9.90 Å². The highest BCUT2D eigenvalue weighted by atomic mass is 16.4. The summed E-state index contributed by atoms with van der Waals surface area (Å²) in [6.45, 7) is 2.96. The van der Waals surface area contributed by atoms with E-state index in [0.29, 0.717) is 0 Å². The molecule has 0 aliphatic carbocycles. The number of hydrogen-bond donors (Lipinski definition) is 2. The Labute approximate surface area is 68.1 Å². The third-order valence-corrected chi connectivity index (χ3v) is 1.54. The van der Waals surface area contributed by atoms with Crippen LogP contribution in [0.3, 0.4) is 0 Å². The van der Waals surface area contributed by atoms with Crippen LogP contribution in [0.5, 0.6) is 0 Å². The molecule has 0 aliphatic heterocycles. The summed E-state index contributed by atoms with van der Waals surface area (Å²) in [6.07, 6.45) is 0. The number of carbonyl (C=O) groups is 1. The van der Waals surface area contributed by atoms with Crippen LogP contribution in [0.1, 0.15) is 21.7 Å². The van der Waals surface area contributed by atoms with Crippen molar-refractivity contribution >= 4 is 5.97 Å². The summed E-state index contributed by atoms with van der Waals surface area (Å²) < 4.78 is 0. The molecule has 1 rings (SSSR count). The minimum Gasteiger partial charge on any atom is -0.477 e. The van der Waals surface area contributed by atoms with Gasteiger partial charge in [-0.3, -0.25) is 9.89 Å². The molecule has 0 radical (unpaired) electrons. The highest BCUT2D eigenvalue weighted by Gasteiger charge is 2.13. The van der Waals surface area contributed by atoms with Crippen molar-refractivity contribution in [2.45, 2.75) is 13.8 Å². The minimum absolute atomic E-state index is 0.165. The van der Waals surface area contributed by atoms with Crippen molar-refractivity contribution in [1.29, 1.82) is 0 Å².